The molecule has 0 saturated carbocycles. The Labute approximate surface area is 155 Å². The van der Waals surface area contributed by atoms with Gasteiger partial charge < -0.3 is 0 Å². The molecular weight excluding hydrogens is 306 g/mol. The molecule has 0 bridgehead atoms. The van der Waals surface area contributed by atoms with Crippen LogP contribution in [0.5, 0.6) is 0 Å². The van der Waals surface area contributed by atoms with Crippen LogP contribution in [0.25, 0.3) is 11.3 Å². The summed E-state index contributed by atoms with van der Waals surface area (Å²) in [7, 11) is 0.407. The van der Waals surface area contributed by atoms with Crippen molar-refractivity contribution in [3.05, 3.63) is 47.2 Å². The number of hydrogen-bond donors (Lipinski definition) is 0. The zero-order valence-corrected chi connectivity index (χ0v) is 17.2. The summed E-state index contributed by atoms with van der Waals surface area (Å²) in [4.78, 5) is 0. The number of aromatic nitrogens is 1. The highest BCUT2D eigenvalue weighted by molar-refractivity contribution is 6.89. The molecule has 0 N–H and O–H groups in total. The minimum absolute atomic E-state index is 0.368. The summed E-state index contributed by atoms with van der Waals surface area (Å²) in [5.74, 6) is -0.606. The van der Waals surface area contributed by atoms with Crippen molar-refractivity contribution in [1.29, 1.82) is 0 Å². The van der Waals surface area contributed by atoms with E-state index < -0.39 is 20.8 Å². The molecule has 0 atom stereocenters. The van der Waals surface area contributed by atoms with Crippen LogP contribution in [0.1, 0.15) is 54.8 Å². The van der Waals surface area contributed by atoms with Gasteiger partial charge in [0.1, 0.15) is 7.05 Å². The summed E-state index contributed by atoms with van der Waals surface area (Å²) in [6.07, 6.45) is 3.75. The maximum Gasteiger partial charge on any atom is 0.212 e. The Morgan fingerprint density at radius 3 is 2.33 bits per heavy atom. The number of hydrogen-bond acceptors (Lipinski definition) is 0. The second-order valence-corrected chi connectivity index (χ2v) is 12.7. The molecule has 0 aliphatic carbocycles. The van der Waals surface area contributed by atoms with Crippen LogP contribution in [-0.4, -0.2) is 8.07 Å². The van der Waals surface area contributed by atoms with E-state index in [0.29, 0.717) is 5.56 Å². The summed E-state index contributed by atoms with van der Waals surface area (Å²) in [5.41, 5.74) is 4.49. The van der Waals surface area contributed by atoms with Gasteiger partial charge in [0.05, 0.1) is 8.07 Å². The van der Waals surface area contributed by atoms with E-state index in [4.69, 9.17) is 5.48 Å². The van der Waals surface area contributed by atoms with Gasteiger partial charge in [-0.1, -0.05) is 51.2 Å². The molecular formula is C22H34NSi+. The average Bonchev–Trinajstić information content (AvgIpc) is 2.59. The van der Waals surface area contributed by atoms with Crippen LogP contribution in [0.4, 0.5) is 0 Å². The van der Waals surface area contributed by atoms with Gasteiger partial charge in [-0.3, -0.25) is 0 Å². The van der Waals surface area contributed by atoms with Gasteiger partial charge in [-0.05, 0) is 49.7 Å². The van der Waals surface area contributed by atoms with E-state index in [1.54, 1.807) is 12.1 Å². The third kappa shape index (κ3) is 3.80. The lowest BCUT2D eigenvalue weighted by Crippen LogP contribution is -2.47. The average molecular weight is 345 g/mol. The highest BCUT2D eigenvalue weighted by atomic mass is 28.3. The van der Waals surface area contributed by atoms with Crippen molar-refractivity contribution in [3.63, 3.8) is 0 Å². The third-order valence-corrected chi connectivity index (χ3v) is 6.83. The molecule has 2 rings (SSSR count). The zero-order chi connectivity index (χ0) is 21.5. The zero-order valence-electron chi connectivity index (χ0n) is 20.2. The maximum absolute atomic E-state index is 9.12. The van der Waals surface area contributed by atoms with Gasteiger partial charge in [0, 0.05) is 22.3 Å². The first-order chi connectivity index (χ1) is 12.7. The van der Waals surface area contributed by atoms with E-state index >= 15 is 0 Å². The first kappa shape index (κ1) is 13.8. The van der Waals surface area contributed by atoms with Gasteiger partial charge in [-0.2, -0.15) is 0 Å². The van der Waals surface area contributed by atoms with Crippen LogP contribution in [0.15, 0.2) is 30.5 Å². The van der Waals surface area contributed by atoms with Crippen molar-refractivity contribution in [2.45, 2.75) is 66.0 Å². The van der Waals surface area contributed by atoms with Gasteiger partial charge >= 0.3 is 0 Å². The number of pyridine rings is 1. The Hall–Kier alpha value is -1.41. The molecule has 24 heavy (non-hydrogen) atoms. The Morgan fingerprint density at radius 2 is 1.83 bits per heavy atom. The molecule has 0 aliphatic heterocycles. The monoisotopic (exact) mass is 344 g/mol. The Bertz CT molecular complexity index is 862. The summed E-state index contributed by atoms with van der Waals surface area (Å²) in [6, 6.07) is 7.57. The van der Waals surface area contributed by atoms with Crippen molar-refractivity contribution < 1.29 is 10.1 Å². The van der Waals surface area contributed by atoms with Crippen LogP contribution in [0, 0.1) is 13.8 Å². The molecule has 130 valence electrons. The predicted octanol–water partition coefficient (Wildman–Crippen LogP) is 5.24. The molecule has 0 spiro atoms. The summed E-state index contributed by atoms with van der Waals surface area (Å²) in [5, 5.41) is 1.33. The van der Waals surface area contributed by atoms with Crippen molar-refractivity contribution in [1.82, 2.24) is 0 Å². The molecule has 2 aromatic rings. The Kier molecular flexibility index (Phi) is 4.16. The summed E-state index contributed by atoms with van der Waals surface area (Å²) >= 11 is 0. The summed E-state index contributed by atoms with van der Waals surface area (Å²) in [6.45, 7) is 11.0. The standard InChI is InChI=1S/C22H34NSi/c1-9-18(10-2)20-14-21(19-12-11-16(3)13-17(19)4)23(5)15-22(20)24(6,7)8/h11-15,18H,9-10H2,1-8H3/q+1/i3D3,18D. The van der Waals surface area contributed by atoms with Crippen molar-refractivity contribution in [3.8, 4) is 11.3 Å². The minimum atomic E-state index is -2.10. The number of nitrogens with zero attached hydrogens (tertiary/aromatic N) is 1. The number of rotatable bonds is 5. The summed E-state index contributed by atoms with van der Waals surface area (Å²) < 4.78 is 34.2. The fourth-order valence-electron chi connectivity index (χ4n) is 3.39. The Morgan fingerprint density at radius 1 is 1.17 bits per heavy atom. The van der Waals surface area contributed by atoms with Crippen LogP contribution in [-0.2, 0) is 7.05 Å². The molecule has 0 unspecified atom stereocenters. The van der Waals surface area contributed by atoms with E-state index in [1.807, 2.05) is 20.0 Å². The second kappa shape index (κ2) is 7.22. The fraction of sp³-hybridized carbons (Fsp3) is 0.500. The minimum Gasteiger partial charge on any atom is -0.201 e. The SMILES string of the molecule is [2H]C([2H])([2H])c1ccc(-c2cc(C([2H])(CC)CC)c([Si](C)(C)C)c[n+]2C)c(C)c1. The molecule has 0 fully saturated rings. The number of aryl methyl sites for hydroxylation is 3. The maximum atomic E-state index is 9.12. The van der Waals surface area contributed by atoms with E-state index in [-0.39, 0.29) is 0 Å². The molecule has 2 heteroatoms. The predicted molar refractivity (Wildman–Crippen MR) is 109 cm³/mol. The van der Waals surface area contributed by atoms with Crippen molar-refractivity contribution in [2.24, 2.45) is 7.05 Å². The smallest absolute Gasteiger partial charge is 0.201 e. The van der Waals surface area contributed by atoms with Crippen LogP contribution >= 0.6 is 0 Å². The molecule has 0 saturated heterocycles. The van der Waals surface area contributed by atoms with E-state index in [1.165, 1.54) is 5.19 Å². The first-order valence-electron chi connectivity index (χ1n) is 10.9. The van der Waals surface area contributed by atoms with Gasteiger partial charge in [0.25, 0.3) is 0 Å². The van der Waals surface area contributed by atoms with E-state index in [2.05, 4.69) is 50.3 Å². The van der Waals surface area contributed by atoms with E-state index in [0.717, 1.165) is 35.2 Å². The fourth-order valence-corrected chi connectivity index (χ4v) is 5.03. The van der Waals surface area contributed by atoms with Crippen molar-refractivity contribution >= 4 is 13.3 Å². The van der Waals surface area contributed by atoms with Crippen LogP contribution < -0.4 is 9.75 Å². The largest absolute Gasteiger partial charge is 0.212 e. The first-order valence-corrected chi connectivity index (χ1v) is 12.4. The topological polar surface area (TPSA) is 3.88 Å². The van der Waals surface area contributed by atoms with Gasteiger partial charge in [-0.15, -0.1) is 0 Å². The molecule has 1 nitrogen and oxygen atoms in total. The second-order valence-electron chi connectivity index (χ2n) is 7.69. The molecule has 0 amide bonds. The van der Waals surface area contributed by atoms with Crippen LogP contribution in [0.3, 0.4) is 0 Å². The molecule has 1 aromatic carbocycles. The normalized spacial score (nSPS) is 15.5. The van der Waals surface area contributed by atoms with Gasteiger partial charge in [0.15, 0.2) is 6.20 Å². The van der Waals surface area contributed by atoms with Gasteiger partial charge in [-0.25, -0.2) is 4.57 Å². The Balaban J connectivity index is 2.77. The highest BCUT2D eigenvalue weighted by Gasteiger charge is 2.28. The number of benzene rings is 1. The third-order valence-electron chi connectivity index (χ3n) is 4.82. The lowest BCUT2D eigenvalue weighted by Gasteiger charge is -2.24. The molecule has 0 aliphatic rings. The van der Waals surface area contributed by atoms with Crippen LogP contribution in [0.2, 0.25) is 19.6 Å². The lowest BCUT2D eigenvalue weighted by molar-refractivity contribution is -0.659. The van der Waals surface area contributed by atoms with Gasteiger partial charge in [0.2, 0.25) is 5.69 Å². The highest BCUT2D eigenvalue weighted by Crippen LogP contribution is 2.28. The molecule has 1 heterocycles. The molecule has 0 radical (unpaired) electrons. The quantitative estimate of drug-likeness (QED) is 0.515. The molecule has 1 aromatic heterocycles. The lowest BCUT2D eigenvalue weighted by atomic mass is 9.92. The van der Waals surface area contributed by atoms with E-state index in [9.17, 15) is 0 Å². The van der Waals surface area contributed by atoms with Crippen molar-refractivity contribution in [2.75, 3.05) is 0 Å².